The Morgan fingerprint density at radius 2 is 1.95 bits per heavy atom. The molecular weight excluding hydrogens is 275 g/mol. The highest BCUT2D eigenvalue weighted by Crippen LogP contribution is 2.11. The largest absolute Gasteiger partial charge is 0.444 e. The lowest BCUT2D eigenvalue weighted by atomic mass is 10.2. The number of allylic oxidation sites excluding steroid dienone is 2. The quantitative estimate of drug-likeness (QED) is 0.573. The third kappa shape index (κ3) is 11.9. The van der Waals surface area contributed by atoms with Gasteiger partial charge in [-0.2, -0.15) is 5.26 Å². The van der Waals surface area contributed by atoms with Crippen LogP contribution in [0, 0.1) is 11.3 Å². The van der Waals surface area contributed by atoms with Crippen molar-refractivity contribution in [3.05, 3.63) is 11.9 Å². The Morgan fingerprint density at radius 1 is 1.33 bits per heavy atom. The number of alkyl carbamates (subject to hydrolysis) is 1. The zero-order chi connectivity index (χ0) is 16.5. The number of hydrogen-bond donors (Lipinski definition) is 1. The summed E-state index contributed by atoms with van der Waals surface area (Å²) in [6, 6.07) is 1.74. The number of carbonyl (C=O) groups is 1. The van der Waals surface area contributed by atoms with E-state index in [0.717, 1.165) is 0 Å². The lowest BCUT2D eigenvalue weighted by Gasteiger charge is -2.28. The van der Waals surface area contributed by atoms with Gasteiger partial charge in [0.15, 0.2) is 0 Å². The smallest absolute Gasteiger partial charge is 0.409 e. The molecule has 0 bridgehead atoms. The number of nitriles is 1. The summed E-state index contributed by atoms with van der Waals surface area (Å²) < 4.78 is 23.6. The number of amides is 1. The van der Waals surface area contributed by atoms with Crippen molar-refractivity contribution in [2.75, 3.05) is 6.61 Å². The van der Waals surface area contributed by atoms with Crippen LogP contribution >= 0.6 is 0 Å². The normalized spacial score (nSPS) is 12.7. The van der Waals surface area contributed by atoms with Gasteiger partial charge >= 0.3 is 6.09 Å². The molecule has 0 unspecified atom stereocenters. The molecule has 0 saturated heterocycles. The predicted octanol–water partition coefficient (Wildman–Crippen LogP) is 3.81. The number of halogens is 1. The number of hydrogen-bond acceptors (Lipinski definition) is 4. The molecule has 5 nitrogen and oxygen atoms in total. The molecule has 0 aliphatic rings. The van der Waals surface area contributed by atoms with Crippen LogP contribution < -0.4 is 5.32 Å². The van der Waals surface area contributed by atoms with Crippen LogP contribution in [0.5, 0.6) is 0 Å². The number of ether oxygens (including phenoxy) is 2. The van der Waals surface area contributed by atoms with E-state index < -0.39 is 23.2 Å². The summed E-state index contributed by atoms with van der Waals surface area (Å²) in [5.74, 6) is -0.427. The van der Waals surface area contributed by atoms with Crippen LogP contribution in [0.2, 0.25) is 0 Å². The second kappa shape index (κ2) is 8.63. The van der Waals surface area contributed by atoms with E-state index in [1.54, 1.807) is 40.7 Å². The third-order valence-electron chi connectivity index (χ3n) is 2.23. The molecule has 0 rings (SSSR count). The topological polar surface area (TPSA) is 71.3 Å². The average Bonchev–Trinajstić information content (AvgIpc) is 2.24. The van der Waals surface area contributed by atoms with Crippen molar-refractivity contribution in [2.24, 2.45) is 0 Å². The van der Waals surface area contributed by atoms with Crippen molar-refractivity contribution < 1.29 is 18.7 Å². The van der Waals surface area contributed by atoms with E-state index in [2.05, 4.69) is 5.32 Å². The number of nitrogens with one attached hydrogen (secondary N) is 1. The van der Waals surface area contributed by atoms with Gasteiger partial charge in [0.2, 0.25) is 0 Å². The first-order valence-electron chi connectivity index (χ1n) is 6.92. The molecule has 0 saturated carbocycles. The number of nitrogens with zero attached hydrogens (tertiary/aromatic N) is 1. The van der Waals surface area contributed by atoms with Crippen molar-refractivity contribution in [2.45, 2.75) is 65.2 Å². The summed E-state index contributed by atoms with van der Waals surface area (Å²) in [6.45, 7) is 9.12. The van der Waals surface area contributed by atoms with Crippen LogP contribution in [0.4, 0.5) is 9.18 Å². The van der Waals surface area contributed by atoms with Gasteiger partial charge in [0.25, 0.3) is 0 Å². The Labute approximate surface area is 126 Å². The molecule has 21 heavy (non-hydrogen) atoms. The lowest BCUT2D eigenvalue weighted by molar-refractivity contribution is -0.0487. The van der Waals surface area contributed by atoms with Crippen LogP contribution in [-0.2, 0) is 9.47 Å². The maximum atomic E-state index is 12.9. The Kier molecular flexibility index (Phi) is 7.97. The fourth-order valence-electron chi connectivity index (χ4n) is 1.40. The monoisotopic (exact) mass is 300 g/mol. The van der Waals surface area contributed by atoms with Crippen molar-refractivity contribution >= 4 is 6.09 Å². The highest BCUT2D eigenvalue weighted by Gasteiger charge is 2.24. The maximum Gasteiger partial charge on any atom is 0.409 e. The van der Waals surface area contributed by atoms with E-state index in [-0.39, 0.29) is 6.42 Å². The third-order valence-corrected chi connectivity index (χ3v) is 2.23. The maximum absolute atomic E-state index is 12.9. The SMILES string of the molecule is CC(C)(C)OC(=O)NC(C)(C)OCCC/C=C(\F)CC#N. The van der Waals surface area contributed by atoms with Crippen LogP contribution in [0.15, 0.2) is 11.9 Å². The Bertz CT molecular complexity index is 406. The van der Waals surface area contributed by atoms with Crippen molar-refractivity contribution in [1.29, 1.82) is 5.26 Å². The van der Waals surface area contributed by atoms with E-state index in [0.29, 0.717) is 19.4 Å². The van der Waals surface area contributed by atoms with Crippen LogP contribution in [-0.4, -0.2) is 24.0 Å². The van der Waals surface area contributed by atoms with Crippen LogP contribution in [0.1, 0.15) is 53.9 Å². The molecule has 0 aromatic carbocycles. The van der Waals surface area contributed by atoms with Gasteiger partial charge in [-0.15, -0.1) is 0 Å². The molecular formula is C15H25FN2O3. The zero-order valence-corrected chi connectivity index (χ0v) is 13.5. The lowest BCUT2D eigenvalue weighted by Crippen LogP contribution is -2.47. The highest BCUT2D eigenvalue weighted by atomic mass is 19.1. The number of rotatable bonds is 7. The minimum atomic E-state index is -0.864. The first kappa shape index (κ1) is 19.4. The second-order valence-corrected chi connectivity index (χ2v) is 6.11. The summed E-state index contributed by atoms with van der Waals surface area (Å²) in [6.07, 6.45) is 1.70. The standard InChI is InChI=1S/C15H25FN2O3/c1-14(2,3)21-13(19)18-15(4,5)20-11-7-6-8-12(16)9-10-17/h8H,6-7,9,11H2,1-5H3,(H,18,19)/b12-8-. The molecule has 1 amide bonds. The van der Waals surface area contributed by atoms with Gasteiger partial charge in [0.05, 0.1) is 12.5 Å². The first-order chi connectivity index (χ1) is 9.56. The van der Waals surface area contributed by atoms with Crippen molar-refractivity contribution in [3.63, 3.8) is 0 Å². The molecule has 0 radical (unpaired) electrons. The molecule has 0 atom stereocenters. The summed E-state index contributed by atoms with van der Waals surface area (Å²) in [4.78, 5) is 11.6. The minimum absolute atomic E-state index is 0.202. The van der Waals surface area contributed by atoms with Gasteiger partial charge in [-0.3, -0.25) is 5.32 Å². The minimum Gasteiger partial charge on any atom is -0.444 e. The molecule has 6 heteroatoms. The molecule has 120 valence electrons. The molecule has 0 aliphatic heterocycles. The van der Waals surface area contributed by atoms with Gasteiger partial charge in [-0.1, -0.05) is 6.08 Å². The molecule has 0 fully saturated rings. The van der Waals surface area contributed by atoms with Crippen LogP contribution in [0.3, 0.4) is 0 Å². The molecule has 0 aliphatic carbocycles. The van der Waals surface area contributed by atoms with Gasteiger partial charge in [0.1, 0.15) is 17.2 Å². The van der Waals surface area contributed by atoms with Gasteiger partial charge in [-0.25, -0.2) is 9.18 Å². The Hall–Kier alpha value is -1.61. The molecule has 1 N–H and O–H groups in total. The summed E-state index contributed by atoms with van der Waals surface area (Å²) >= 11 is 0. The zero-order valence-electron chi connectivity index (χ0n) is 13.5. The van der Waals surface area contributed by atoms with Crippen molar-refractivity contribution in [3.8, 4) is 6.07 Å². The van der Waals surface area contributed by atoms with E-state index >= 15 is 0 Å². The van der Waals surface area contributed by atoms with Crippen LogP contribution in [0.25, 0.3) is 0 Å². The molecule has 0 aromatic heterocycles. The summed E-state index contributed by atoms with van der Waals surface area (Å²) in [5.41, 5.74) is -1.43. The Morgan fingerprint density at radius 3 is 2.48 bits per heavy atom. The number of carbonyl (C=O) groups excluding carboxylic acids is 1. The van der Waals surface area contributed by atoms with E-state index in [1.807, 2.05) is 0 Å². The summed E-state index contributed by atoms with van der Waals surface area (Å²) in [5, 5.41) is 10.9. The van der Waals surface area contributed by atoms with Gasteiger partial charge in [0, 0.05) is 6.61 Å². The molecule has 0 aromatic rings. The van der Waals surface area contributed by atoms with Crippen molar-refractivity contribution in [1.82, 2.24) is 5.32 Å². The highest BCUT2D eigenvalue weighted by molar-refractivity contribution is 5.68. The fraction of sp³-hybridized carbons (Fsp3) is 0.733. The fourth-order valence-corrected chi connectivity index (χ4v) is 1.40. The predicted molar refractivity (Wildman–Crippen MR) is 78.1 cm³/mol. The first-order valence-corrected chi connectivity index (χ1v) is 6.92. The Balaban J connectivity index is 4.01. The molecule has 0 heterocycles. The second-order valence-electron chi connectivity index (χ2n) is 6.11. The average molecular weight is 300 g/mol. The number of unbranched alkanes of at least 4 members (excludes halogenated alkanes) is 1. The van der Waals surface area contributed by atoms with Gasteiger partial charge < -0.3 is 9.47 Å². The van der Waals surface area contributed by atoms with E-state index in [1.165, 1.54) is 6.08 Å². The summed E-state index contributed by atoms with van der Waals surface area (Å²) in [7, 11) is 0. The molecule has 0 spiro atoms. The van der Waals surface area contributed by atoms with E-state index in [4.69, 9.17) is 14.7 Å². The van der Waals surface area contributed by atoms with Gasteiger partial charge in [-0.05, 0) is 47.5 Å². The van der Waals surface area contributed by atoms with E-state index in [9.17, 15) is 9.18 Å².